The molecule has 0 aromatic carbocycles. The van der Waals surface area contributed by atoms with Crippen molar-refractivity contribution in [2.45, 2.75) is 71.4 Å². The van der Waals surface area contributed by atoms with Crippen molar-refractivity contribution in [2.24, 2.45) is 10.9 Å². The van der Waals surface area contributed by atoms with E-state index in [2.05, 4.69) is 22.5 Å². The van der Waals surface area contributed by atoms with E-state index in [9.17, 15) is 14.4 Å². The molecule has 0 bridgehead atoms. The maximum Gasteiger partial charge on any atom is 0.253 e. The summed E-state index contributed by atoms with van der Waals surface area (Å²) in [5.41, 5.74) is -0.707. The molecule has 2 rings (SSSR count). The maximum absolute atomic E-state index is 12.7. The summed E-state index contributed by atoms with van der Waals surface area (Å²) in [6.45, 7) is 8.33. The number of nitrogens with one attached hydrogen (secondary N) is 2. The lowest BCUT2D eigenvalue weighted by molar-refractivity contribution is -0.140. The largest absolute Gasteiger partial charge is 0.344 e. The highest BCUT2D eigenvalue weighted by molar-refractivity contribution is 6.08. The Morgan fingerprint density at radius 2 is 1.96 bits per heavy atom. The maximum atomic E-state index is 12.7. The van der Waals surface area contributed by atoms with Crippen molar-refractivity contribution in [3.8, 4) is 0 Å². The average Bonchev–Trinajstić information content (AvgIpc) is 2.86. The molecule has 7 heteroatoms. The number of amidine groups is 1. The predicted molar refractivity (Wildman–Crippen MR) is 96.1 cm³/mol. The number of likely N-dealkylation sites (tertiary alicyclic amines) is 1. The first-order valence-corrected chi connectivity index (χ1v) is 9.25. The van der Waals surface area contributed by atoms with E-state index < -0.39 is 11.6 Å². The van der Waals surface area contributed by atoms with Crippen molar-refractivity contribution in [3.05, 3.63) is 0 Å². The first kappa shape index (κ1) is 19.4. The van der Waals surface area contributed by atoms with Crippen molar-refractivity contribution in [3.63, 3.8) is 0 Å². The second kappa shape index (κ2) is 7.97. The number of nitrogens with zero attached hydrogens (tertiary/aromatic N) is 2. The van der Waals surface area contributed by atoms with Gasteiger partial charge in [0.1, 0.15) is 17.4 Å². The van der Waals surface area contributed by atoms with Crippen LogP contribution in [-0.2, 0) is 14.4 Å². The summed E-state index contributed by atoms with van der Waals surface area (Å²) in [6.07, 6.45) is 3.93. The van der Waals surface area contributed by atoms with E-state index in [1.807, 2.05) is 13.8 Å². The number of rotatable bonds is 6. The lowest BCUT2D eigenvalue weighted by Gasteiger charge is -2.37. The molecule has 0 aliphatic carbocycles. The number of carbonyl (C=O) groups excluding carboxylic acids is 3. The molecule has 25 heavy (non-hydrogen) atoms. The molecule has 2 N–H and O–H groups in total. The summed E-state index contributed by atoms with van der Waals surface area (Å²) in [6, 6.07) is -0.521. The van der Waals surface area contributed by atoms with Gasteiger partial charge in [-0.25, -0.2) is 0 Å². The third-order valence-electron chi connectivity index (χ3n) is 4.99. The number of amides is 3. The predicted octanol–water partition coefficient (Wildman–Crippen LogP) is 1.23. The smallest absolute Gasteiger partial charge is 0.253 e. The van der Waals surface area contributed by atoms with Gasteiger partial charge in [0.05, 0.1) is 0 Å². The summed E-state index contributed by atoms with van der Waals surface area (Å²) in [4.78, 5) is 42.9. The molecule has 0 unspecified atom stereocenters. The van der Waals surface area contributed by atoms with Gasteiger partial charge in [-0.05, 0) is 25.2 Å². The highest BCUT2D eigenvalue weighted by atomic mass is 16.2. The van der Waals surface area contributed by atoms with Crippen LogP contribution in [0.2, 0.25) is 0 Å². The normalized spacial score (nSPS) is 20.4. The van der Waals surface area contributed by atoms with E-state index >= 15 is 0 Å². The second-order valence-corrected chi connectivity index (χ2v) is 7.40. The van der Waals surface area contributed by atoms with E-state index in [4.69, 9.17) is 0 Å². The van der Waals surface area contributed by atoms with E-state index in [1.165, 1.54) is 6.92 Å². The van der Waals surface area contributed by atoms with Crippen LogP contribution in [0.15, 0.2) is 4.99 Å². The van der Waals surface area contributed by atoms with Crippen LogP contribution in [0.25, 0.3) is 0 Å². The van der Waals surface area contributed by atoms with Gasteiger partial charge in [-0.1, -0.05) is 27.2 Å². The second-order valence-electron chi connectivity index (χ2n) is 7.40. The number of unbranched alkanes of at least 4 members (excludes halogenated alkanes) is 1. The molecule has 1 fully saturated rings. The van der Waals surface area contributed by atoms with Crippen molar-refractivity contribution < 1.29 is 14.4 Å². The molecule has 2 heterocycles. The topological polar surface area (TPSA) is 90.9 Å². The molecule has 1 saturated heterocycles. The van der Waals surface area contributed by atoms with Crippen molar-refractivity contribution in [2.75, 3.05) is 13.1 Å². The van der Waals surface area contributed by atoms with Gasteiger partial charge in [-0.2, -0.15) is 0 Å². The fourth-order valence-corrected chi connectivity index (χ4v) is 3.41. The van der Waals surface area contributed by atoms with Gasteiger partial charge in [0.25, 0.3) is 5.91 Å². The standard InChI is InChI=1S/C18H30N4O3/c1-5-6-7-14-20-17(25)18(21-14)8-10-22(11-9-18)16(24)15(12(2)3)19-13(4)23/h12,15H,5-11H2,1-4H3,(H,19,23)(H,20,21,25)/t15-/m1/s1. The van der Waals surface area contributed by atoms with Gasteiger partial charge in [0.2, 0.25) is 11.8 Å². The number of hydrogen-bond donors (Lipinski definition) is 2. The molecule has 2 aliphatic heterocycles. The number of hydrogen-bond acceptors (Lipinski definition) is 4. The number of piperidine rings is 1. The first-order chi connectivity index (χ1) is 11.8. The molecule has 1 spiro atoms. The lowest BCUT2D eigenvalue weighted by Crippen LogP contribution is -2.56. The molecule has 7 nitrogen and oxygen atoms in total. The van der Waals surface area contributed by atoms with Gasteiger partial charge in [-0.3, -0.25) is 19.4 Å². The molecule has 0 aromatic rings. The van der Waals surface area contributed by atoms with Gasteiger partial charge >= 0.3 is 0 Å². The Labute approximate surface area is 149 Å². The minimum atomic E-state index is -0.707. The van der Waals surface area contributed by atoms with Crippen LogP contribution >= 0.6 is 0 Å². The minimum absolute atomic E-state index is 0.0146. The number of aliphatic imine (C=N–C) groups is 1. The van der Waals surface area contributed by atoms with Gasteiger partial charge < -0.3 is 15.5 Å². The van der Waals surface area contributed by atoms with Crippen molar-refractivity contribution in [1.29, 1.82) is 0 Å². The zero-order chi connectivity index (χ0) is 18.6. The average molecular weight is 350 g/mol. The van der Waals surface area contributed by atoms with E-state index in [0.29, 0.717) is 25.9 Å². The van der Waals surface area contributed by atoms with Crippen LogP contribution in [0.4, 0.5) is 0 Å². The molecule has 140 valence electrons. The molecule has 2 aliphatic rings. The fraction of sp³-hybridized carbons (Fsp3) is 0.778. The molecule has 0 aromatic heterocycles. The Morgan fingerprint density at radius 1 is 1.32 bits per heavy atom. The Hall–Kier alpha value is -1.92. The number of carbonyl (C=O) groups is 3. The van der Waals surface area contributed by atoms with Crippen LogP contribution in [-0.4, -0.2) is 53.1 Å². The van der Waals surface area contributed by atoms with Crippen LogP contribution in [0, 0.1) is 5.92 Å². The Balaban J connectivity index is 2.00. The summed E-state index contributed by atoms with van der Waals surface area (Å²) in [7, 11) is 0. The van der Waals surface area contributed by atoms with Crippen LogP contribution in [0.5, 0.6) is 0 Å². The van der Waals surface area contributed by atoms with Crippen LogP contribution in [0.1, 0.15) is 59.8 Å². The molecule has 1 atom stereocenters. The van der Waals surface area contributed by atoms with E-state index in [1.54, 1.807) is 4.90 Å². The minimum Gasteiger partial charge on any atom is -0.344 e. The fourth-order valence-electron chi connectivity index (χ4n) is 3.41. The molecule has 0 saturated carbocycles. The lowest BCUT2D eigenvalue weighted by atomic mass is 9.87. The van der Waals surface area contributed by atoms with E-state index in [-0.39, 0.29) is 23.6 Å². The Kier molecular flexibility index (Phi) is 6.19. The Morgan fingerprint density at radius 3 is 2.48 bits per heavy atom. The highest BCUT2D eigenvalue weighted by Gasteiger charge is 2.46. The quantitative estimate of drug-likeness (QED) is 0.755. The third-order valence-corrected chi connectivity index (χ3v) is 4.99. The van der Waals surface area contributed by atoms with Crippen molar-refractivity contribution in [1.82, 2.24) is 15.5 Å². The summed E-state index contributed by atoms with van der Waals surface area (Å²) in [5.74, 6) is 0.480. The third kappa shape index (κ3) is 4.38. The van der Waals surface area contributed by atoms with Crippen LogP contribution in [0.3, 0.4) is 0 Å². The SMILES string of the molecule is CCCCC1=NC2(CCN(C(=O)[C@H](NC(C)=O)C(C)C)CC2)C(=O)N1. The van der Waals surface area contributed by atoms with Gasteiger partial charge in [-0.15, -0.1) is 0 Å². The molecular weight excluding hydrogens is 320 g/mol. The first-order valence-electron chi connectivity index (χ1n) is 9.25. The zero-order valence-electron chi connectivity index (χ0n) is 15.7. The van der Waals surface area contributed by atoms with E-state index in [0.717, 1.165) is 25.1 Å². The monoisotopic (exact) mass is 350 g/mol. The summed E-state index contributed by atoms with van der Waals surface area (Å²) < 4.78 is 0. The summed E-state index contributed by atoms with van der Waals surface area (Å²) >= 11 is 0. The highest BCUT2D eigenvalue weighted by Crippen LogP contribution is 2.31. The summed E-state index contributed by atoms with van der Waals surface area (Å²) in [5, 5.41) is 5.65. The zero-order valence-corrected chi connectivity index (χ0v) is 15.7. The molecule has 3 amide bonds. The van der Waals surface area contributed by atoms with Gasteiger partial charge in [0, 0.05) is 26.4 Å². The molecule has 0 radical (unpaired) electrons. The van der Waals surface area contributed by atoms with Gasteiger partial charge in [0.15, 0.2) is 0 Å². The van der Waals surface area contributed by atoms with Crippen molar-refractivity contribution >= 4 is 23.6 Å². The molecular formula is C18H30N4O3. The Bertz CT molecular complexity index is 563. The van der Waals surface area contributed by atoms with Crippen LogP contribution < -0.4 is 10.6 Å².